The molecule has 0 aliphatic carbocycles. The van der Waals surface area contributed by atoms with Crippen LogP contribution in [0.25, 0.3) is 21.6 Å². The average molecular weight is 511 g/mol. The van der Waals surface area contributed by atoms with Crippen molar-refractivity contribution in [3.05, 3.63) is 94.9 Å². The average Bonchev–Trinajstić information content (AvgIpc) is 3.54. The summed E-state index contributed by atoms with van der Waals surface area (Å²) in [5.41, 5.74) is 3.96. The van der Waals surface area contributed by atoms with E-state index in [-0.39, 0.29) is 11.3 Å². The van der Waals surface area contributed by atoms with Crippen LogP contribution in [-0.2, 0) is 9.59 Å². The van der Waals surface area contributed by atoms with Gasteiger partial charge in [-0.05, 0) is 61.4 Å². The molecule has 1 saturated heterocycles. The molecule has 1 N–H and O–H groups in total. The van der Waals surface area contributed by atoms with Crippen molar-refractivity contribution in [3.63, 3.8) is 0 Å². The Morgan fingerprint density at radius 1 is 1.03 bits per heavy atom. The van der Waals surface area contributed by atoms with Gasteiger partial charge in [-0.1, -0.05) is 35.6 Å². The molecule has 2 aromatic carbocycles. The van der Waals surface area contributed by atoms with E-state index in [9.17, 15) is 14.7 Å². The van der Waals surface area contributed by atoms with E-state index >= 15 is 0 Å². The van der Waals surface area contributed by atoms with Crippen molar-refractivity contribution >= 4 is 49.8 Å². The van der Waals surface area contributed by atoms with Crippen LogP contribution in [0.5, 0.6) is 5.75 Å². The van der Waals surface area contributed by atoms with Gasteiger partial charge in [0.1, 0.15) is 17.1 Å². The van der Waals surface area contributed by atoms with Gasteiger partial charge in [0, 0.05) is 6.20 Å². The predicted octanol–water partition coefficient (Wildman–Crippen LogP) is 5.20. The molecule has 1 aliphatic heterocycles. The molecular formula is C28H22N4O4S. The molecular weight excluding hydrogens is 488 g/mol. The Bertz CT molecular complexity index is 1750. The third-order valence-electron chi connectivity index (χ3n) is 6.54. The summed E-state index contributed by atoms with van der Waals surface area (Å²) in [5, 5.41) is 12.0. The fraction of sp³-hybridized carbons (Fsp3) is 0.143. The molecule has 184 valence electrons. The van der Waals surface area contributed by atoms with Crippen LogP contribution >= 0.6 is 11.3 Å². The minimum absolute atomic E-state index is 0.0145. The molecule has 5 aromatic rings. The largest absolute Gasteiger partial charge is 0.505 e. The predicted molar refractivity (Wildman–Crippen MR) is 142 cm³/mol. The van der Waals surface area contributed by atoms with Gasteiger partial charge in [-0.25, -0.2) is 9.97 Å². The van der Waals surface area contributed by atoms with Gasteiger partial charge in [-0.15, -0.1) is 0 Å². The molecule has 1 amide bonds. The van der Waals surface area contributed by atoms with Gasteiger partial charge in [0.2, 0.25) is 0 Å². The number of amides is 1. The van der Waals surface area contributed by atoms with E-state index in [1.54, 1.807) is 48.9 Å². The summed E-state index contributed by atoms with van der Waals surface area (Å²) < 4.78 is 7.92. The first-order chi connectivity index (χ1) is 17.9. The molecule has 9 heteroatoms. The van der Waals surface area contributed by atoms with Crippen molar-refractivity contribution in [3.8, 4) is 5.75 Å². The lowest BCUT2D eigenvalue weighted by Gasteiger charge is -2.23. The molecule has 4 heterocycles. The Morgan fingerprint density at radius 3 is 2.57 bits per heavy atom. The zero-order valence-electron chi connectivity index (χ0n) is 20.3. The van der Waals surface area contributed by atoms with Gasteiger partial charge < -0.3 is 9.84 Å². The number of ether oxygens (including phenoxy) is 1. The summed E-state index contributed by atoms with van der Waals surface area (Å²) >= 11 is 1.33. The summed E-state index contributed by atoms with van der Waals surface area (Å²) in [5.74, 6) is -1.17. The van der Waals surface area contributed by atoms with E-state index in [1.807, 2.05) is 43.3 Å². The Kier molecular flexibility index (Phi) is 5.31. The Hall–Kier alpha value is -4.50. The molecule has 0 spiro atoms. The molecule has 1 fully saturated rings. The maximum Gasteiger partial charge on any atom is 0.301 e. The third kappa shape index (κ3) is 3.58. The fourth-order valence-electron chi connectivity index (χ4n) is 4.78. The second-order valence-electron chi connectivity index (χ2n) is 8.88. The second-order valence-corrected chi connectivity index (χ2v) is 9.89. The number of hydrogen-bond donors (Lipinski definition) is 1. The van der Waals surface area contributed by atoms with Gasteiger partial charge in [-0.3, -0.25) is 18.9 Å². The lowest BCUT2D eigenvalue weighted by atomic mass is 9.96. The molecule has 1 unspecified atom stereocenters. The lowest BCUT2D eigenvalue weighted by molar-refractivity contribution is -0.132. The summed E-state index contributed by atoms with van der Waals surface area (Å²) in [6.45, 7) is 3.75. The maximum atomic E-state index is 13.6. The number of hydrogen-bond acceptors (Lipinski definition) is 7. The Morgan fingerprint density at radius 2 is 1.81 bits per heavy atom. The number of Topliss-reactive ketones (excluding diaryl/α,β-unsaturated/α-hetero) is 1. The van der Waals surface area contributed by atoms with Crippen LogP contribution in [0.4, 0.5) is 5.13 Å². The summed E-state index contributed by atoms with van der Waals surface area (Å²) in [6, 6.07) is 17.5. The highest BCUT2D eigenvalue weighted by Gasteiger charge is 2.48. The highest BCUT2D eigenvalue weighted by molar-refractivity contribution is 7.22. The molecule has 1 aliphatic rings. The monoisotopic (exact) mass is 510 g/mol. The lowest BCUT2D eigenvalue weighted by Crippen LogP contribution is -2.29. The van der Waals surface area contributed by atoms with Gasteiger partial charge in [0.25, 0.3) is 5.78 Å². The molecule has 0 radical (unpaired) electrons. The number of benzene rings is 2. The molecule has 0 bridgehead atoms. The van der Waals surface area contributed by atoms with Gasteiger partial charge in [0.05, 0.1) is 34.6 Å². The fourth-order valence-corrected chi connectivity index (χ4v) is 5.87. The zero-order chi connectivity index (χ0) is 25.8. The second kappa shape index (κ2) is 8.56. The topological polar surface area (TPSA) is 97.0 Å². The van der Waals surface area contributed by atoms with Crippen molar-refractivity contribution in [2.24, 2.45) is 0 Å². The van der Waals surface area contributed by atoms with E-state index < -0.39 is 17.7 Å². The standard InChI is InChI=1S/C28H22N4O4S/c1-15-7-12-19-20(14-15)37-28(30-19)32-24(17-8-10-18(36-3)11-9-17)22(26(34)27(32)35)25(33)23-16(2)29-21-6-4-5-13-31(21)23/h4-14,24,33H,1-3H3. The number of methoxy groups -OCH3 is 1. The van der Waals surface area contributed by atoms with E-state index in [0.717, 1.165) is 15.8 Å². The number of thiazole rings is 1. The van der Waals surface area contributed by atoms with Gasteiger partial charge in [-0.2, -0.15) is 0 Å². The van der Waals surface area contributed by atoms with Crippen LogP contribution in [0.1, 0.15) is 28.6 Å². The number of ketones is 1. The number of aliphatic hydroxyl groups is 1. The van der Waals surface area contributed by atoms with Crippen LogP contribution in [0.2, 0.25) is 0 Å². The first-order valence-corrected chi connectivity index (χ1v) is 12.4. The minimum Gasteiger partial charge on any atom is -0.505 e. The highest BCUT2D eigenvalue weighted by Crippen LogP contribution is 2.45. The number of aromatic nitrogens is 3. The number of anilines is 1. The van der Waals surface area contributed by atoms with Crippen molar-refractivity contribution in [1.29, 1.82) is 0 Å². The number of carbonyl (C=O) groups is 2. The molecule has 6 rings (SSSR count). The zero-order valence-corrected chi connectivity index (χ0v) is 21.1. The van der Waals surface area contributed by atoms with Crippen LogP contribution in [0, 0.1) is 13.8 Å². The van der Waals surface area contributed by atoms with Gasteiger partial charge in [0.15, 0.2) is 10.9 Å². The quantitative estimate of drug-likeness (QED) is 0.203. The Labute approximate surface area is 216 Å². The van der Waals surface area contributed by atoms with E-state index in [1.165, 1.54) is 16.2 Å². The van der Waals surface area contributed by atoms with Crippen molar-refractivity contribution in [2.45, 2.75) is 19.9 Å². The molecule has 1 atom stereocenters. The number of fused-ring (bicyclic) bond motifs is 2. The third-order valence-corrected chi connectivity index (χ3v) is 7.56. The maximum absolute atomic E-state index is 13.6. The summed E-state index contributed by atoms with van der Waals surface area (Å²) in [6.07, 6.45) is 1.76. The number of rotatable bonds is 4. The van der Waals surface area contributed by atoms with Crippen molar-refractivity contribution in [2.75, 3.05) is 12.0 Å². The molecule has 3 aromatic heterocycles. The first-order valence-electron chi connectivity index (χ1n) is 11.6. The molecule has 37 heavy (non-hydrogen) atoms. The number of aliphatic hydroxyl groups excluding tert-OH is 1. The smallest absolute Gasteiger partial charge is 0.301 e. The van der Waals surface area contributed by atoms with Gasteiger partial charge >= 0.3 is 5.91 Å². The number of nitrogens with zero attached hydrogens (tertiary/aromatic N) is 4. The minimum atomic E-state index is -0.888. The SMILES string of the molecule is COc1ccc(C2C(=C(O)c3c(C)nc4ccccn34)C(=O)C(=O)N2c2nc3ccc(C)cc3s2)cc1. The number of pyridine rings is 1. The highest BCUT2D eigenvalue weighted by atomic mass is 32.1. The number of imidazole rings is 1. The van der Waals surface area contributed by atoms with Crippen LogP contribution in [-0.4, -0.2) is 38.3 Å². The van der Waals surface area contributed by atoms with E-state index in [0.29, 0.717) is 33.5 Å². The van der Waals surface area contributed by atoms with Crippen LogP contribution in [0.3, 0.4) is 0 Å². The molecule has 0 saturated carbocycles. The van der Waals surface area contributed by atoms with Crippen LogP contribution in [0.15, 0.2) is 72.4 Å². The van der Waals surface area contributed by atoms with Crippen molar-refractivity contribution < 1.29 is 19.4 Å². The van der Waals surface area contributed by atoms with Crippen molar-refractivity contribution in [1.82, 2.24) is 14.4 Å². The first kappa shape index (κ1) is 22.9. The number of carbonyl (C=O) groups excluding carboxylic acids is 2. The molecule has 8 nitrogen and oxygen atoms in total. The van der Waals surface area contributed by atoms with E-state index in [2.05, 4.69) is 9.97 Å². The summed E-state index contributed by atoms with van der Waals surface area (Å²) in [4.78, 5) is 37.7. The van der Waals surface area contributed by atoms with Crippen LogP contribution < -0.4 is 9.64 Å². The van der Waals surface area contributed by atoms with E-state index in [4.69, 9.17) is 4.74 Å². The summed E-state index contributed by atoms with van der Waals surface area (Å²) in [7, 11) is 1.57. The number of aryl methyl sites for hydroxylation is 2. The Balaban J connectivity index is 1.60. The normalized spacial score (nSPS) is 17.3.